The van der Waals surface area contributed by atoms with Gasteiger partial charge in [-0.2, -0.15) is 0 Å². The molecule has 4 N–H and O–H groups in total. The molecule has 3 nitrogen and oxygen atoms in total. The lowest BCUT2D eigenvalue weighted by Crippen LogP contribution is -2.38. The monoisotopic (exact) mass is 171 g/mol. The van der Waals surface area contributed by atoms with Crippen LogP contribution < -0.4 is 11.5 Å². The molecule has 0 atom stereocenters. The number of hydrogen-bond donors (Lipinski definition) is 2. The van der Waals surface area contributed by atoms with Crippen molar-refractivity contribution in [2.45, 2.75) is 12.8 Å². The fraction of sp³-hybridized carbons (Fsp3) is 1.00. The van der Waals surface area contributed by atoms with Crippen LogP contribution in [0.25, 0.3) is 0 Å². The second-order valence-electron chi connectivity index (χ2n) is 3.87. The molecular formula is C9H21N3. The summed E-state index contributed by atoms with van der Waals surface area (Å²) >= 11 is 0. The van der Waals surface area contributed by atoms with E-state index in [1.165, 1.54) is 25.9 Å². The summed E-state index contributed by atoms with van der Waals surface area (Å²) in [7, 11) is 2.18. The predicted molar refractivity (Wildman–Crippen MR) is 51.8 cm³/mol. The molecule has 1 aliphatic rings. The van der Waals surface area contributed by atoms with E-state index >= 15 is 0 Å². The fourth-order valence-corrected chi connectivity index (χ4v) is 1.98. The van der Waals surface area contributed by atoms with Crippen LogP contribution in [0.15, 0.2) is 0 Å². The summed E-state index contributed by atoms with van der Waals surface area (Å²) in [5.74, 6) is 1.33. The van der Waals surface area contributed by atoms with Gasteiger partial charge in [-0.1, -0.05) is 0 Å². The van der Waals surface area contributed by atoms with Crippen LogP contribution in [0.5, 0.6) is 0 Å². The Balaban J connectivity index is 2.32. The molecule has 0 amide bonds. The third-order valence-corrected chi connectivity index (χ3v) is 3.04. The Labute approximate surface area is 75.1 Å². The van der Waals surface area contributed by atoms with Crippen molar-refractivity contribution in [3.8, 4) is 0 Å². The summed E-state index contributed by atoms with van der Waals surface area (Å²) in [4.78, 5) is 2.38. The molecule has 0 spiro atoms. The van der Waals surface area contributed by atoms with Crippen LogP contribution in [0.4, 0.5) is 0 Å². The van der Waals surface area contributed by atoms with Crippen LogP contribution in [-0.2, 0) is 0 Å². The Morgan fingerprint density at radius 1 is 1.25 bits per heavy atom. The molecule has 0 aliphatic carbocycles. The van der Waals surface area contributed by atoms with Gasteiger partial charge in [0.25, 0.3) is 0 Å². The maximum atomic E-state index is 5.66. The maximum absolute atomic E-state index is 5.66. The average Bonchev–Trinajstić information content (AvgIpc) is 2.10. The lowest BCUT2D eigenvalue weighted by molar-refractivity contribution is 0.176. The predicted octanol–water partition coefficient (Wildman–Crippen LogP) is -0.138. The van der Waals surface area contributed by atoms with E-state index in [1.54, 1.807) is 0 Å². The van der Waals surface area contributed by atoms with E-state index in [4.69, 9.17) is 11.5 Å². The fourth-order valence-electron chi connectivity index (χ4n) is 1.98. The Hall–Kier alpha value is -0.120. The number of likely N-dealkylation sites (tertiary alicyclic amines) is 1. The van der Waals surface area contributed by atoms with Gasteiger partial charge in [-0.3, -0.25) is 0 Å². The van der Waals surface area contributed by atoms with Gasteiger partial charge in [0, 0.05) is 0 Å². The highest BCUT2D eigenvalue weighted by Gasteiger charge is 2.22. The van der Waals surface area contributed by atoms with Crippen LogP contribution in [0, 0.1) is 11.8 Å². The number of nitrogens with two attached hydrogens (primary N) is 2. The van der Waals surface area contributed by atoms with Gasteiger partial charge in [0.15, 0.2) is 0 Å². The van der Waals surface area contributed by atoms with Crippen LogP contribution in [0.2, 0.25) is 0 Å². The first kappa shape index (κ1) is 9.96. The lowest BCUT2D eigenvalue weighted by atomic mass is 9.84. The zero-order valence-electron chi connectivity index (χ0n) is 8.00. The summed E-state index contributed by atoms with van der Waals surface area (Å²) in [5.41, 5.74) is 11.3. The highest BCUT2D eigenvalue weighted by molar-refractivity contribution is 4.77. The molecule has 0 saturated carbocycles. The van der Waals surface area contributed by atoms with Gasteiger partial charge in [0.05, 0.1) is 0 Å². The molecule has 72 valence electrons. The highest BCUT2D eigenvalue weighted by atomic mass is 15.1. The van der Waals surface area contributed by atoms with E-state index in [0.29, 0.717) is 5.92 Å². The summed E-state index contributed by atoms with van der Waals surface area (Å²) in [5, 5.41) is 0. The van der Waals surface area contributed by atoms with Crippen molar-refractivity contribution in [3.63, 3.8) is 0 Å². The Morgan fingerprint density at radius 3 is 2.17 bits per heavy atom. The molecule has 1 saturated heterocycles. The largest absolute Gasteiger partial charge is 0.330 e. The summed E-state index contributed by atoms with van der Waals surface area (Å²) in [6, 6.07) is 0. The van der Waals surface area contributed by atoms with Crippen molar-refractivity contribution in [1.29, 1.82) is 0 Å². The van der Waals surface area contributed by atoms with Crippen molar-refractivity contribution < 1.29 is 0 Å². The number of hydrogen-bond acceptors (Lipinski definition) is 3. The molecule has 1 rings (SSSR count). The van der Waals surface area contributed by atoms with Gasteiger partial charge in [-0.05, 0) is 57.9 Å². The molecule has 12 heavy (non-hydrogen) atoms. The number of nitrogens with zero attached hydrogens (tertiary/aromatic N) is 1. The molecule has 0 bridgehead atoms. The van der Waals surface area contributed by atoms with E-state index in [0.717, 1.165) is 19.0 Å². The zero-order valence-corrected chi connectivity index (χ0v) is 8.00. The van der Waals surface area contributed by atoms with Crippen molar-refractivity contribution in [3.05, 3.63) is 0 Å². The Morgan fingerprint density at radius 2 is 1.75 bits per heavy atom. The zero-order chi connectivity index (χ0) is 8.97. The number of piperidine rings is 1. The summed E-state index contributed by atoms with van der Waals surface area (Å²) in [6.07, 6.45) is 2.55. The third kappa shape index (κ3) is 2.44. The van der Waals surface area contributed by atoms with Crippen molar-refractivity contribution in [1.82, 2.24) is 4.90 Å². The van der Waals surface area contributed by atoms with E-state index in [9.17, 15) is 0 Å². The molecule has 1 heterocycles. The molecule has 1 aliphatic heterocycles. The molecular weight excluding hydrogens is 150 g/mol. The summed E-state index contributed by atoms with van der Waals surface area (Å²) < 4.78 is 0. The van der Waals surface area contributed by atoms with Crippen LogP contribution in [0.1, 0.15) is 12.8 Å². The first-order valence-electron chi connectivity index (χ1n) is 4.86. The molecule has 0 radical (unpaired) electrons. The van der Waals surface area contributed by atoms with Gasteiger partial charge in [0.2, 0.25) is 0 Å². The number of rotatable bonds is 3. The van der Waals surface area contributed by atoms with Gasteiger partial charge in [-0.15, -0.1) is 0 Å². The average molecular weight is 171 g/mol. The maximum Gasteiger partial charge on any atom is -0.00190 e. The first-order valence-corrected chi connectivity index (χ1v) is 4.86. The Bertz CT molecular complexity index is 115. The molecule has 0 unspecified atom stereocenters. The lowest BCUT2D eigenvalue weighted by Gasteiger charge is -2.33. The van der Waals surface area contributed by atoms with Gasteiger partial charge in [-0.25, -0.2) is 0 Å². The van der Waals surface area contributed by atoms with Crippen molar-refractivity contribution >= 4 is 0 Å². The second-order valence-corrected chi connectivity index (χ2v) is 3.87. The SMILES string of the molecule is CN1CCC(C(CN)CN)CC1. The standard InChI is InChI=1S/C9H21N3/c1-12-4-2-8(3-5-12)9(6-10)7-11/h8-9H,2-7,10-11H2,1H3. The molecule has 3 heteroatoms. The first-order chi connectivity index (χ1) is 5.77. The van der Waals surface area contributed by atoms with Crippen LogP contribution >= 0.6 is 0 Å². The molecule has 0 aromatic carbocycles. The van der Waals surface area contributed by atoms with E-state index < -0.39 is 0 Å². The molecule has 0 aromatic heterocycles. The molecule has 0 aromatic rings. The minimum atomic E-state index is 0.554. The Kier molecular flexibility index (Phi) is 3.98. The minimum absolute atomic E-state index is 0.554. The smallest absolute Gasteiger partial charge is 0.00190 e. The van der Waals surface area contributed by atoms with Crippen molar-refractivity contribution in [2.75, 3.05) is 33.2 Å². The van der Waals surface area contributed by atoms with Gasteiger partial charge >= 0.3 is 0 Å². The quantitative estimate of drug-likeness (QED) is 0.621. The summed E-state index contributed by atoms with van der Waals surface area (Å²) in [6.45, 7) is 3.93. The minimum Gasteiger partial charge on any atom is -0.330 e. The van der Waals surface area contributed by atoms with Crippen molar-refractivity contribution in [2.24, 2.45) is 23.3 Å². The van der Waals surface area contributed by atoms with E-state index in [1.807, 2.05) is 0 Å². The van der Waals surface area contributed by atoms with Gasteiger partial charge < -0.3 is 16.4 Å². The topological polar surface area (TPSA) is 55.3 Å². The van der Waals surface area contributed by atoms with E-state index in [2.05, 4.69) is 11.9 Å². The van der Waals surface area contributed by atoms with Crippen LogP contribution in [0.3, 0.4) is 0 Å². The third-order valence-electron chi connectivity index (χ3n) is 3.04. The van der Waals surface area contributed by atoms with Crippen LogP contribution in [-0.4, -0.2) is 38.1 Å². The highest BCUT2D eigenvalue weighted by Crippen LogP contribution is 2.22. The molecule has 1 fully saturated rings. The second kappa shape index (κ2) is 4.80. The van der Waals surface area contributed by atoms with E-state index in [-0.39, 0.29) is 0 Å². The van der Waals surface area contributed by atoms with Gasteiger partial charge in [0.1, 0.15) is 0 Å². The normalized spacial score (nSPS) is 22.0.